The second-order valence-corrected chi connectivity index (χ2v) is 4.63. The van der Waals surface area contributed by atoms with E-state index < -0.39 is 0 Å². The van der Waals surface area contributed by atoms with E-state index in [0.29, 0.717) is 25.1 Å². The highest BCUT2D eigenvalue weighted by molar-refractivity contribution is 5.24. The minimum atomic E-state index is 0.595. The minimum absolute atomic E-state index is 0.595. The Balaban J connectivity index is 1.79. The van der Waals surface area contributed by atoms with Gasteiger partial charge in [-0.05, 0) is 25.7 Å². The molecule has 6 nitrogen and oxygen atoms in total. The molecule has 1 N–H and O–H groups in total. The maximum atomic E-state index is 5.65. The molecule has 2 rings (SSSR count). The first-order valence-electron chi connectivity index (χ1n) is 6.60. The molecule has 18 heavy (non-hydrogen) atoms. The van der Waals surface area contributed by atoms with Gasteiger partial charge in [0.1, 0.15) is 0 Å². The molecule has 1 aliphatic rings. The lowest BCUT2D eigenvalue weighted by molar-refractivity contribution is 0.198. The van der Waals surface area contributed by atoms with Gasteiger partial charge in [0.15, 0.2) is 0 Å². The largest absolute Gasteiger partial charge is 0.407 e. The molecule has 1 aromatic rings. The van der Waals surface area contributed by atoms with Crippen LogP contribution >= 0.6 is 0 Å². The van der Waals surface area contributed by atoms with Gasteiger partial charge in [-0.2, -0.15) is 0 Å². The van der Waals surface area contributed by atoms with Crippen LogP contribution in [0.3, 0.4) is 0 Å². The average Bonchev–Trinajstić information content (AvgIpc) is 3.09. The SMILES string of the molecule is CCN(CC1CC1)c1nnc(CNCCOC)o1. The van der Waals surface area contributed by atoms with Gasteiger partial charge in [0.25, 0.3) is 0 Å². The number of rotatable bonds is 9. The summed E-state index contributed by atoms with van der Waals surface area (Å²) in [5.41, 5.74) is 0. The minimum Gasteiger partial charge on any atom is -0.407 e. The molecule has 0 bridgehead atoms. The van der Waals surface area contributed by atoms with Crippen molar-refractivity contribution in [1.82, 2.24) is 15.5 Å². The van der Waals surface area contributed by atoms with Crippen molar-refractivity contribution >= 4 is 6.01 Å². The maximum absolute atomic E-state index is 5.65. The van der Waals surface area contributed by atoms with Crippen molar-refractivity contribution in [2.75, 3.05) is 38.3 Å². The van der Waals surface area contributed by atoms with Gasteiger partial charge in [-0.3, -0.25) is 0 Å². The summed E-state index contributed by atoms with van der Waals surface area (Å²) in [4.78, 5) is 2.16. The van der Waals surface area contributed by atoms with E-state index in [1.165, 1.54) is 12.8 Å². The number of ether oxygens (including phenoxy) is 1. The van der Waals surface area contributed by atoms with Gasteiger partial charge in [-0.1, -0.05) is 5.10 Å². The van der Waals surface area contributed by atoms with Gasteiger partial charge >= 0.3 is 6.01 Å². The molecular weight excluding hydrogens is 232 g/mol. The van der Waals surface area contributed by atoms with Crippen LogP contribution in [0.1, 0.15) is 25.7 Å². The lowest BCUT2D eigenvalue weighted by atomic mass is 10.4. The second-order valence-electron chi connectivity index (χ2n) is 4.63. The molecule has 1 fully saturated rings. The normalized spacial score (nSPS) is 15.0. The number of nitrogens with one attached hydrogen (secondary N) is 1. The fourth-order valence-electron chi connectivity index (χ4n) is 1.77. The van der Waals surface area contributed by atoms with Crippen LogP contribution in [0.15, 0.2) is 4.42 Å². The van der Waals surface area contributed by atoms with Gasteiger partial charge in [-0.15, -0.1) is 5.10 Å². The molecule has 0 amide bonds. The molecule has 102 valence electrons. The standard InChI is InChI=1S/C12H22N4O2/c1-3-16(9-10-4-5-10)12-15-14-11(18-12)8-13-6-7-17-2/h10,13H,3-9H2,1-2H3. The lowest BCUT2D eigenvalue weighted by Gasteiger charge is -2.16. The summed E-state index contributed by atoms with van der Waals surface area (Å²) in [6, 6.07) is 0.646. The van der Waals surface area contributed by atoms with Crippen LogP contribution in [0.2, 0.25) is 0 Å². The number of hydrogen-bond donors (Lipinski definition) is 1. The van der Waals surface area contributed by atoms with E-state index in [1.54, 1.807) is 7.11 Å². The number of methoxy groups -OCH3 is 1. The molecular formula is C12H22N4O2. The van der Waals surface area contributed by atoms with Gasteiger partial charge in [0.05, 0.1) is 13.2 Å². The number of nitrogens with zero attached hydrogens (tertiary/aromatic N) is 3. The molecule has 0 aromatic carbocycles. The summed E-state index contributed by atoms with van der Waals surface area (Å²) in [7, 11) is 1.68. The van der Waals surface area contributed by atoms with E-state index in [2.05, 4.69) is 27.3 Å². The second kappa shape index (κ2) is 6.70. The van der Waals surface area contributed by atoms with Crippen molar-refractivity contribution in [3.8, 4) is 0 Å². The fourth-order valence-corrected chi connectivity index (χ4v) is 1.77. The maximum Gasteiger partial charge on any atom is 0.318 e. The highest BCUT2D eigenvalue weighted by Crippen LogP contribution is 2.30. The van der Waals surface area contributed by atoms with E-state index in [-0.39, 0.29) is 0 Å². The zero-order valence-corrected chi connectivity index (χ0v) is 11.2. The molecule has 0 saturated heterocycles. The van der Waals surface area contributed by atoms with Crippen LogP contribution in [0.25, 0.3) is 0 Å². The Bertz CT molecular complexity index is 352. The first-order valence-corrected chi connectivity index (χ1v) is 6.60. The third-order valence-electron chi connectivity index (χ3n) is 3.04. The van der Waals surface area contributed by atoms with Crippen LogP contribution in [0, 0.1) is 5.92 Å². The quantitative estimate of drug-likeness (QED) is 0.664. The van der Waals surface area contributed by atoms with Crippen molar-refractivity contribution in [1.29, 1.82) is 0 Å². The topological polar surface area (TPSA) is 63.4 Å². The molecule has 1 aliphatic carbocycles. The zero-order chi connectivity index (χ0) is 12.8. The van der Waals surface area contributed by atoms with E-state index in [0.717, 1.165) is 25.6 Å². The van der Waals surface area contributed by atoms with Crippen molar-refractivity contribution in [2.45, 2.75) is 26.3 Å². The summed E-state index contributed by atoms with van der Waals surface area (Å²) < 4.78 is 10.6. The summed E-state index contributed by atoms with van der Waals surface area (Å²) in [5.74, 6) is 1.45. The van der Waals surface area contributed by atoms with E-state index in [9.17, 15) is 0 Å². The monoisotopic (exact) mass is 254 g/mol. The average molecular weight is 254 g/mol. The van der Waals surface area contributed by atoms with Crippen molar-refractivity contribution in [3.05, 3.63) is 5.89 Å². The van der Waals surface area contributed by atoms with Crippen LogP contribution in [0.4, 0.5) is 6.01 Å². The highest BCUT2D eigenvalue weighted by atomic mass is 16.5. The Morgan fingerprint density at radius 3 is 2.94 bits per heavy atom. The molecule has 0 radical (unpaired) electrons. The number of aromatic nitrogens is 2. The Labute approximate surface area is 108 Å². The van der Waals surface area contributed by atoms with Gasteiger partial charge in [0.2, 0.25) is 5.89 Å². The molecule has 1 heterocycles. The van der Waals surface area contributed by atoms with Gasteiger partial charge < -0.3 is 19.4 Å². The summed E-state index contributed by atoms with van der Waals surface area (Å²) in [6.07, 6.45) is 2.66. The molecule has 0 atom stereocenters. The molecule has 1 aromatic heterocycles. The molecule has 0 spiro atoms. The third-order valence-corrected chi connectivity index (χ3v) is 3.04. The Morgan fingerprint density at radius 1 is 1.44 bits per heavy atom. The van der Waals surface area contributed by atoms with Gasteiger partial charge in [0, 0.05) is 26.7 Å². The van der Waals surface area contributed by atoms with Crippen LogP contribution < -0.4 is 10.2 Å². The lowest BCUT2D eigenvalue weighted by Crippen LogP contribution is -2.25. The van der Waals surface area contributed by atoms with Crippen molar-refractivity contribution in [2.24, 2.45) is 5.92 Å². The highest BCUT2D eigenvalue weighted by Gasteiger charge is 2.25. The Morgan fingerprint density at radius 2 is 2.28 bits per heavy atom. The predicted molar refractivity (Wildman–Crippen MR) is 68.5 cm³/mol. The fraction of sp³-hybridized carbons (Fsp3) is 0.833. The first kappa shape index (κ1) is 13.3. The number of hydrogen-bond acceptors (Lipinski definition) is 6. The summed E-state index contributed by atoms with van der Waals surface area (Å²) in [6.45, 7) is 6.13. The Hall–Kier alpha value is -1.14. The Kier molecular flexibility index (Phi) is 4.95. The van der Waals surface area contributed by atoms with Crippen molar-refractivity contribution < 1.29 is 9.15 Å². The summed E-state index contributed by atoms with van der Waals surface area (Å²) in [5, 5.41) is 11.3. The molecule has 0 unspecified atom stereocenters. The molecule has 6 heteroatoms. The van der Waals surface area contributed by atoms with E-state index in [4.69, 9.17) is 9.15 Å². The van der Waals surface area contributed by atoms with E-state index in [1.807, 2.05) is 0 Å². The number of anilines is 1. The zero-order valence-electron chi connectivity index (χ0n) is 11.2. The van der Waals surface area contributed by atoms with Crippen LogP contribution in [0.5, 0.6) is 0 Å². The third kappa shape index (κ3) is 3.96. The first-order chi connectivity index (χ1) is 8.83. The molecule has 1 saturated carbocycles. The summed E-state index contributed by atoms with van der Waals surface area (Å²) >= 11 is 0. The van der Waals surface area contributed by atoms with Crippen LogP contribution in [-0.4, -0.2) is 43.5 Å². The smallest absolute Gasteiger partial charge is 0.318 e. The van der Waals surface area contributed by atoms with E-state index >= 15 is 0 Å². The predicted octanol–water partition coefficient (Wildman–Crippen LogP) is 1.04. The molecule has 0 aliphatic heterocycles. The van der Waals surface area contributed by atoms with Crippen LogP contribution in [-0.2, 0) is 11.3 Å². The van der Waals surface area contributed by atoms with Gasteiger partial charge in [-0.25, -0.2) is 0 Å². The van der Waals surface area contributed by atoms with Crippen molar-refractivity contribution in [3.63, 3.8) is 0 Å².